The van der Waals surface area contributed by atoms with Crippen molar-refractivity contribution in [2.75, 3.05) is 19.7 Å². The number of carbonyl (C=O) groups is 1. The van der Waals surface area contributed by atoms with Crippen LogP contribution in [0.2, 0.25) is 0 Å². The van der Waals surface area contributed by atoms with E-state index < -0.39 is 0 Å². The van der Waals surface area contributed by atoms with E-state index in [1.165, 1.54) is 0 Å². The summed E-state index contributed by atoms with van der Waals surface area (Å²) in [7, 11) is 0. The molecule has 0 saturated heterocycles. The number of amides is 1. The van der Waals surface area contributed by atoms with Crippen molar-refractivity contribution in [3.8, 4) is 0 Å². The Kier molecular flexibility index (Phi) is 11.1. The van der Waals surface area contributed by atoms with Crippen LogP contribution in [0.25, 0.3) is 0 Å². The minimum atomic E-state index is 0.0992. The van der Waals surface area contributed by atoms with Crippen LogP contribution >= 0.6 is 0 Å². The van der Waals surface area contributed by atoms with Gasteiger partial charge in [-0.2, -0.15) is 0 Å². The van der Waals surface area contributed by atoms with Crippen molar-refractivity contribution in [3.05, 3.63) is 0 Å². The van der Waals surface area contributed by atoms with E-state index in [9.17, 15) is 4.79 Å². The van der Waals surface area contributed by atoms with E-state index in [4.69, 9.17) is 4.74 Å². The quantitative estimate of drug-likeness (QED) is 0.558. The van der Waals surface area contributed by atoms with E-state index in [-0.39, 0.29) is 5.91 Å². The van der Waals surface area contributed by atoms with Gasteiger partial charge >= 0.3 is 0 Å². The fourth-order valence-electron chi connectivity index (χ4n) is 1.64. The van der Waals surface area contributed by atoms with Crippen molar-refractivity contribution in [2.24, 2.45) is 0 Å². The molecule has 0 aromatic heterocycles. The zero-order valence-corrected chi connectivity index (χ0v) is 12.4. The van der Waals surface area contributed by atoms with E-state index >= 15 is 0 Å². The maximum Gasteiger partial charge on any atom is 0.234 e. The molecule has 0 saturated carbocycles. The van der Waals surface area contributed by atoms with Gasteiger partial charge in [0.15, 0.2) is 0 Å². The first-order valence-corrected chi connectivity index (χ1v) is 7.21. The Balaban J connectivity index is 3.35. The summed E-state index contributed by atoms with van der Waals surface area (Å²) >= 11 is 0. The molecule has 0 rings (SSSR count). The molecule has 0 bridgehead atoms. The summed E-state index contributed by atoms with van der Waals surface area (Å²) in [6.45, 7) is 10.4. The van der Waals surface area contributed by atoms with Crippen molar-refractivity contribution in [1.29, 1.82) is 0 Å². The Bertz CT molecular complexity index is 204. The number of hydrogen-bond donors (Lipinski definition) is 2. The molecule has 1 amide bonds. The van der Waals surface area contributed by atoms with Crippen LogP contribution in [0.4, 0.5) is 0 Å². The van der Waals surface area contributed by atoms with E-state index in [0.29, 0.717) is 18.7 Å². The Morgan fingerprint density at radius 3 is 2.39 bits per heavy atom. The lowest BCUT2D eigenvalue weighted by Gasteiger charge is -2.14. The maximum atomic E-state index is 11.6. The van der Waals surface area contributed by atoms with Crippen LogP contribution in [0, 0.1) is 0 Å². The van der Waals surface area contributed by atoms with Crippen LogP contribution in [0.3, 0.4) is 0 Å². The van der Waals surface area contributed by atoms with Crippen molar-refractivity contribution < 1.29 is 9.53 Å². The fourth-order valence-corrected chi connectivity index (χ4v) is 1.64. The van der Waals surface area contributed by atoms with Crippen molar-refractivity contribution in [2.45, 2.75) is 65.5 Å². The van der Waals surface area contributed by atoms with Crippen LogP contribution < -0.4 is 10.6 Å². The van der Waals surface area contributed by atoms with E-state index in [1.54, 1.807) is 0 Å². The van der Waals surface area contributed by atoms with Crippen LogP contribution in [-0.4, -0.2) is 37.7 Å². The monoisotopic (exact) mass is 258 g/mol. The highest BCUT2D eigenvalue weighted by Crippen LogP contribution is 1.95. The predicted molar refractivity (Wildman–Crippen MR) is 75.7 cm³/mol. The smallest absolute Gasteiger partial charge is 0.234 e. The molecule has 0 aliphatic rings. The summed E-state index contributed by atoms with van der Waals surface area (Å²) in [6.07, 6.45) is 4.39. The molecule has 0 fully saturated rings. The number of carbonyl (C=O) groups excluding carboxylic acids is 1. The van der Waals surface area contributed by atoms with Gasteiger partial charge in [0.25, 0.3) is 0 Å². The number of unbranched alkanes of at least 4 members (excludes halogenated alkanes) is 1. The van der Waals surface area contributed by atoms with Gasteiger partial charge in [-0.3, -0.25) is 4.79 Å². The second-order valence-electron chi connectivity index (χ2n) is 4.88. The highest BCUT2D eigenvalue weighted by atomic mass is 16.5. The third-order valence-electron chi connectivity index (χ3n) is 2.84. The van der Waals surface area contributed by atoms with Crippen LogP contribution in [0.1, 0.15) is 53.4 Å². The second-order valence-corrected chi connectivity index (χ2v) is 4.88. The highest BCUT2D eigenvalue weighted by Gasteiger charge is 2.06. The van der Waals surface area contributed by atoms with Gasteiger partial charge in [-0.15, -0.1) is 0 Å². The zero-order valence-electron chi connectivity index (χ0n) is 12.4. The van der Waals surface area contributed by atoms with E-state index in [2.05, 4.69) is 24.5 Å². The van der Waals surface area contributed by atoms with Crippen LogP contribution in [0.15, 0.2) is 0 Å². The molecule has 0 heterocycles. The van der Waals surface area contributed by atoms with E-state index in [0.717, 1.165) is 38.8 Å². The molecule has 0 aliphatic heterocycles. The van der Waals surface area contributed by atoms with Gasteiger partial charge in [0, 0.05) is 12.6 Å². The summed E-state index contributed by atoms with van der Waals surface area (Å²) in [5, 5.41) is 6.17. The predicted octanol–water partition coefficient (Wildman–Crippen LogP) is 2.09. The Morgan fingerprint density at radius 1 is 1.17 bits per heavy atom. The van der Waals surface area contributed by atoms with Crippen molar-refractivity contribution >= 4 is 5.91 Å². The molecule has 0 aliphatic carbocycles. The molecular formula is C14H30N2O2. The van der Waals surface area contributed by atoms with Crippen LogP contribution in [0.5, 0.6) is 0 Å². The molecular weight excluding hydrogens is 228 g/mol. The fraction of sp³-hybridized carbons (Fsp3) is 0.929. The molecule has 0 radical (unpaired) electrons. The van der Waals surface area contributed by atoms with Crippen LogP contribution in [-0.2, 0) is 9.53 Å². The lowest BCUT2D eigenvalue weighted by molar-refractivity contribution is -0.121. The first-order chi connectivity index (χ1) is 8.60. The van der Waals surface area contributed by atoms with Gasteiger partial charge in [-0.1, -0.05) is 13.8 Å². The minimum Gasteiger partial charge on any atom is -0.379 e. The minimum absolute atomic E-state index is 0.0992. The summed E-state index contributed by atoms with van der Waals surface area (Å²) in [5.41, 5.74) is 0. The summed E-state index contributed by atoms with van der Waals surface area (Å²) in [6, 6.07) is 0.318. The number of ether oxygens (including phenoxy) is 1. The van der Waals surface area contributed by atoms with Gasteiger partial charge in [0.05, 0.1) is 12.6 Å². The molecule has 4 nitrogen and oxygen atoms in total. The largest absolute Gasteiger partial charge is 0.379 e. The average molecular weight is 258 g/mol. The molecule has 2 N–H and O–H groups in total. The lowest BCUT2D eigenvalue weighted by atomic mass is 10.2. The average Bonchev–Trinajstić information content (AvgIpc) is 2.34. The molecule has 4 heteroatoms. The molecule has 0 aromatic carbocycles. The second kappa shape index (κ2) is 11.5. The number of hydrogen-bond acceptors (Lipinski definition) is 3. The molecule has 0 aromatic rings. The SMILES string of the molecule is CCC(CC)NC(=O)CNCCCCOC(C)C. The third-order valence-corrected chi connectivity index (χ3v) is 2.84. The number of nitrogens with one attached hydrogen (secondary N) is 2. The maximum absolute atomic E-state index is 11.6. The summed E-state index contributed by atoms with van der Waals surface area (Å²) in [5.74, 6) is 0.0992. The molecule has 0 unspecified atom stereocenters. The third kappa shape index (κ3) is 10.5. The standard InChI is InChI=1S/C14H30N2O2/c1-5-13(6-2)16-14(17)11-15-9-7-8-10-18-12(3)4/h12-13,15H,5-11H2,1-4H3,(H,16,17). The van der Waals surface area contributed by atoms with Gasteiger partial charge in [0.1, 0.15) is 0 Å². The van der Waals surface area contributed by atoms with Crippen molar-refractivity contribution in [3.63, 3.8) is 0 Å². The summed E-state index contributed by atoms with van der Waals surface area (Å²) < 4.78 is 5.44. The first kappa shape index (κ1) is 17.4. The van der Waals surface area contributed by atoms with Gasteiger partial charge in [0.2, 0.25) is 5.91 Å². The molecule has 18 heavy (non-hydrogen) atoms. The van der Waals surface area contributed by atoms with Crippen molar-refractivity contribution in [1.82, 2.24) is 10.6 Å². The zero-order chi connectivity index (χ0) is 13.8. The highest BCUT2D eigenvalue weighted by molar-refractivity contribution is 5.78. The molecule has 108 valence electrons. The Morgan fingerprint density at radius 2 is 1.83 bits per heavy atom. The molecule has 0 atom stereocenters. The van der Waals surface area contributed by atoms with Gasteiger partial charge < -0.3 is 15.4 Å². The molecule has 0 spiro atoms. The van der Waals surface area contributed by atoms with Gasteiger partial charge in [-0.25, -0.2) is 0 Å². The first-order valence-electron chi connectivity index (χ1n) is 7.21. The topological polar surface area (TPSA) is 50.4 Å². The van der Waals surface area contributed by atoms with E-state index in [1.807, 2.05) is 13.8 Å². The number of rotatable bonds is 11. The lowest BCUT2D eigenvalue weighted by Crippen LogP contribution is -2.40. The summed E-state index contributed by atoms with van der Waals surface area (Å²) in [4.78, 5) is 11.6. The van der Waals surface area contributed by atoms with Gasteiger partial charge in [-0.05, 0) is 46.1 Å². The normalized spacial score (nSPS) is 11.2. The Labute approximate surface area is 112 Å². The Hall–Kier alpha value is -0.610.